The van der Waals surface area contributed by atoms with Crippen molar-refractivity contribution in [2.24, 2.45) is 5.92 Å². The van der Waals surface area contributed by atoms with Crippen LogP contribution in [0.4, 0.5) is 27.5 Å². The number of anilines is 4. The molecule has 1 aromatic heterocycles. The maximum Gasteiger partial charge on any atom is 0.229 e. The van der Waals surface area contributed by atoms with Crippen molar-refractivity contribution in [3.05, 3.63) is 71.2 Å². The van der Waals surface area contributed by atoms with Crippen LogP contribution in [0.2, 0.25) is 0 Å². The van der Waals surface area contributed by atoms with E-state index in [1.54, 1.807) is 18.3 Å². The minimum Gasteiger partial charge on any atom is -0.493 e. The van der Waals surface area contributed by atoms with Crippen LogP contribution < -0.4 is 20.7 Å². The number of rotatable bonds is 7. The van der Waals surface area contributed by atoms with Gasteiger partial charge in [0.25, 0.3) is 0 Å². The Balaban J connectivity index is 1.25. The number of piperidine rings is 1. The number of nitrogens with one attached hydrogen (secondary N) is 3. The van der Waals surface area contributed by atoms with E-state index in [1.807, 2.05) is 43.3 Å². The van der Waals surface area contributed by atoms with Crippen molar-refractivity contribution in [3.8, 4) is 5.75 Å². The van der Waals surface area contributed by atoms with E-state index in [1.165, 1.54) is 0 Å². The van der Waals surface area contributed by atoms with E-state index >= 15 is 0 Å². The molecule has 1 saturated heterocycles. The predicted octanol–water partition coefficient (Wildman–Crippen LogP) is 5.44. The Kier molecular flexibility index (Phi) is 6.21. The molecule has 3 N–H and O–H groups in total. The first-order chi connectivity index (χ1) is 16.1. The smallest absolute Gasteiger partial charge is 0.229 e. The van der Waals surface area contributed by atoms with Crippen molar-refractivity contribution < 1.29 is 9.13 Å². The summed E-state index contributed by atoms with van der Waals surface area (Å²) < 4.78 is 21.0. The van der Waals surface area contributed by atoms with Crippen LogP contribution in [-0.2, 0) is 6.42 Å². The van der Waals surface area contributed by atoms with Gasteiger partial charge < -0.3 is 20.7 Å². The van der Waals surface area contributed by atoms with Crippen molar-refractivity contribution in [2.45, 2.75) is 26.2 Å². The van der Waals surface area contributed by atoms with E-state index in [4.69, 9.17) is 4.74 Å². The molecule has 0 spiro atoms. The Morgan fingerprint density at radius 2 is 2.00 bits per heavy atom. The van der Waals surface area contributed by atoms with Crippen LogP contribution in [0.3, 0.4) is 0 Å². The standard InChI is InChI=1S/C26H28FN5O/c1-17-13-19-5-6-23(25(27)22(19)14-17)31-24-9-12-29-26(32-24)30-20-3-2-4-21(15-20)33-16-18-7-10-28-11-8-18/h2-6,9,12,14-15,18,28H,7-8,10-11,13,16H2,1H3,(H2,29,30,31,32). The van der Waals surface area contributed by atoms with Crippen molar-refractivity contribution in [2.75, 3.05) is 30.3 Å². The summed E-state index contributed by atoms with van der Waals surface area (Å²) in [6.45, 7) is 4.86. The van der Waals surface area contributed by atoms with Gasteiger partial charge in [0.2, 0.25) is 5.95 Å². The molecule has 3 aromatic rings. The minimum absolute atomic E-state index is 0.254. The number of halogens is 1. The highest BCUT2D eigenvalue weighted by molar-refractivity contribution is 5.71. The molecular weight excluding hydrogens is 417 g/mol. The van der Waals surface area contributed by atoms with Crippen LogP contribution in [0.15, 0.2) is 54.2 Å². The first-order valence-corrected chi connectivity index (χ1v) is 11.4. The minimum atomic E-state index is -0.254. The highest BCUT2D eigenvalue weighted by Crippen LogP contribution is 2.32. The van der Waals surface area contributed by atoms with Gasteiger partial charge in [0.15, 0.2) is 5.82 Å². The summed E-state index contributed by atoms with van der Waals surface area (Å²) in [5, 5.41) is 9.68. The molecular formula is C26H28FN5O. The van der Waals surface area contributed by atoms with E-state index < -0.39 is 0 Å². The topological polar surface area (TPSA) is 71.1 Å². The number of nitrogens with zero attached hydrogens (tertiary/aromatic N) is 2. The fourth-order valence-corrected chi connectivity index (χ4v) is 4.32. The summed E-state index contributed by atoms with van der Waals surface area (Å²) in [5.74, 6) is 2.09. The molecule has 2 aliphatic rings. The molecule has 0 unspecified atom stereocenters. The van der Waals surface area contributed by atoms with Crippen LogP contribution in [0.25, 0.3) is 6.08 Å². The van der Waals surface area contributed by atoms with E-state index in [0.29, 0.717) is 28.9 Å². The van der Waals surface area contributed by atoms with Crippen LogP contribution in [0.5, 0.6) is 5.75 Å². The monoisotopic (exact) mass is 445 g/mol. The zero-order chi connectivity index (χ0) is 22.6. The summed E-state index contributed by atoms with van der Waals surface area (Å²) in [4.78, 5) is 8.80. The molecule has 170 valence electrons. The molecule has 0 radical (unpaired) electrons. The van der Waals surface area contributed by atoms with Crippen molar-refractivity contribution in [1.29, 1.82) is 0 Å². The zero-order valence-electron chi connectivity index (χ0n) is 18.7. The van der Waals surface area contributed by atoms with Crippen molar-refractivity contribution >= 4 is 29.2 Å². The highest BCUT2D eigenvalue weighted by Gasteiger charge is 2.17. The average molecular weight is 446 g/mol. The van der Waals surface area contributed by atoms with Crippen molar-refractivity contribution in [1.82, 2.24) is 15.3 Å². The summed E-state index contributed by atoms with van der Waals surface area (Å²) in [7, 11) is 0. The van der Waals surface area contributed by atoms with Crippen LogP contribution >= 0.6 is 0 Å². The lowest BCUT2D eigenvalue weighted by Crippen LogP contribution is -2.30. The van der Waals surface area contributed by atoms with E-state index in [2.05, 4.69) is 25.9 Å². The molecule has 0 saturated carbocycles. The van der Waals surface area contributed by atoms with Gasteiger partial charge in [0.05, 0.1) is 12.3 Å². The number of benzene rings is 2. The molecule has 7 heteroatoms. The Morgan fingerprint density at radius 3 is 2.88 bits per heavy atom. The molecule has 6 nitrogen and oxygen atoms in total. The van der Waals surface area contributed by atoms with Gasteiger partial charge >= 0.3 is 0 Å². The van der Waals surface area contributed by atoms with E-state index in [-0.39, 0.29) is 5.82 Å². The molecule has 0 bridgehead atoms. The van der Waals surface area contributed by atoms with Gasteiger partial charge in [-0.2, -0.15) is 4.98 Å². The third kappa shape index (κ3) is 5.14. The highest BCUT2D eigenvalue weighted by atomic mass is 19.1. The van der Waals surface area contributed by atoms with Gasteiger partial charge in [-0.25, -0.2) is 9.37 Å². The van der Waals surface area contributed by atoms with Crippen molar-refractivity contribution in [3.63, 3.8) is 0 Å². The van der Waals surface area contributed by atoms with Gasteiger partial charge in [-0.05, 0) is 75.0 Å². The molecule has 5 rings (SSSR count). The number of fused-ring (bicyclic) bond motifs is 1. The Morgan fingerprint density at radius 1 is 1.12 bits per heavy atom. The quantitative estimate of drug-likeness (QED) is 0.450. The third-order valence-corrected chi connectivity index (χ3v) is 6.08. The molecule has 1 aliphatic carbocycles. The molecule has 1 aliphatic heterocycles. The van der Waals surface area contributed by atoms with E-state index in [9.17, 15) is 4.39 Å². The molecule has 1 fully saturated rings. The molecule has 33 heavy (non-hydrogen) atoms. The molecule has 2 heterocycles. The summed E-state index contributed by atoms with van der Waals surface area (Å²) in [5.41, 5.74) is 4.07. The van der Waals surface area contributed by atoms with Crippen LogP contribution in [0, 0.1) is 11.7 Å². The second-order valence-corrected chi connectivity index (χ2v) is 8.72. The number of allylic oxidation sites excluding steroid dienone is 1. The maximum absolute atomic E-state index is 14.9. The lowest BCUT2D eigenvalue weighted by atomic mass is 9.99. The number of hydrogen-bond donors (Lipinski definition) is 3. The number of aromatic nitrogens is 2. The Bertz CT molecular complexity index is 1170. The summed E-state index contributed by atoms with van der Waals surface area (Å²) in [6.07, 6.45) is 6.64. The normalized spacial score (nSPS) is 15.6. The predicted molar refractivity (Wildman–Crippen MR) is 130 cm³/mol. The van der Waals surface area contributed by atoms with Gasteiger partial charge in [0.1, 0.15) is 11.6 Å². The van der Waals surface area contributed by atoms with Gasteiger partial charge in [-0.15, -0.1) is 0 Å². The first kappa shape index (κ1) is 21.4. The van der Waals surface area contributed by atoms with Crippen LogP contribution in [-0.4, -0.2) is 29.7 Å². The largest absolute Gasteiger partial charge is 0.493 e. The summed E-state index contributed by atoms with van der Waals surface area (Å²) in [6, 6.07) is 13.2. The van der Waals surface area contributed by atoms with E-state index in [0.717, 1.165) is 61.5 Å². The molecule has 2 aromatic carbocycles. The van der Waals surface area contributed by atoms with Gasteiger partial charge in [0, 0.05) is 23.5 Å². The molecule has 0 amide bonds. The number of ether oxygens (including phenoxy) is 1. The van der Waals surface area contributed by atoms with Gasteiger partial charge in [-0.3, -0.25) is 0 Å². The average Bonchev–Trinajstić information content (AvgIpc) is 3.22. The second-order valence-electron chi connectivity index (χ2n) is 8.72. The SMILES string of the molecule is CC1=Cc2c(ccc(Nc3ccnc(Nc4cccc(OCC5CCNCC5)c4)n3)c2F)C1. The first-order valence-electron chi connectivity index (χ1n) is 11.4. The third-order valence-electron chi connectivity index (χ3n) is 6.08. The lowest BCUT2D eigenvalue weighted by Gasteiger charge is -2.22. The van der Waals surface area contributed by atoms with Crippen LogP contribution in [0.1, 0.15) is 30.9 Å². The zero-order valence-corrected chi connectivity index (χ0v) is 18.7. The Labute approximate surface area is 193 Å². The maximum atomic E-state index is 14.9. The summed E-state index contributed by atoms with van der Waals surface area (Å²) >= 11 is 0. The second kappa shape index (κ2) is 9.58. The fourth-order valence-electron chi connectivity index (χ4n) is 4.32. The number of hydrogen-bond acceptors (Lipinski definition) is 6. The lowest BCUT2D eigenvalue weighted by molar-refractivity contribution is 0.215. The Hall–Kier alpha value is -3.45. The molecule has 0 atom stereocenters. The fraction of sp³-hybridized carbons (Fsp3) is 0.308. The van der Waals surface area contributed by atoms with Gasteiger partial charge in [-0.1, -0.05) is 23.8 Å².